The maximum atomic E-state index is 16.0. The Morgan fingerprint density at radius 2 is 1.61 bits per heavy atom. The van der Waals surface area contributed by atoms with Crippen molar-refractivity contribution < 1.29 is 24.2 Å². The Morgan fingerprint density at radius 1 is 1.09 bits per heavy atom. The molecule has 0 aromatic rings. The van der Waals surface area contributed by atoms with E-state index < -0.39 is 34.5 Å². The summed E-state index contributed by atoms with van der Waals surface area (Å²) in [6.45, 7) is 11.3. The first kappa shape index (κ1) is 19.4. The molecule has 0 saturated heterocycles. The molecule has 1 rings (SSSR count). The van der Waals surface area contributed by atoms with Crippen LogP contribution in [0.1, 0.15) is 54.4 Å². The van der Waals surface area contributed by atoms with Crippen molar-refractivity contribution in [3.63, 3.8) is 0 Å². The van der Waals surface area contributed by atoms with Gasteiger partial charge in [-0.3, -0.25) is 4.79 Å². The van der Waals surface area contributed by atoms with Crippen LogP contribution in [0.3, 0.4) is 0 Å². The van der Waals surface area contributed by atoms with Gasteiger partial charge < -0.3 is 10.2 Å². The molecule has 0 fully saturated rings. The largest absolute Gasteiger partial charge is 0.481 e. The highest BCUT2D eigenvalue weighted by atomic mass is 19.1. The van der Waals surface area contributed by atoms with Crippen molar-refractivity contribution in [2.45, 2.75) is 60.1 Å². The van der Waals surface area contributed by atoms with Crippen LogP contribution in [0.2, 0.25) is 0 Å². The summed E-state index contributed by atoms with van der Waals surface area (Å²) in [5.74, 6) is -4.52. The molecule has 2 unspecified atom stereocenters. The molecule has 5 heteroatoms. The van der Waals surface area contributed by atoms with Gasteiger partial charge in [0, 0.05) is 0 Å². The van der Waals surface area contributed by atoms with Crippen LogP contribution in [0.5, 0.6) is 0 Å². The second-order valence-electron chi connectivity index (χ2n) is 8.73. The van der Waals surface area contributed by atoms with Gasteiger partial charge in [0.15, 0.2) is 5.67 Å². The zero-order valence-corrected chi connectivity index (χ0v) is 14.7. The quantitative estimate of drug-likeness (QED) is 0.811. The number of aliphatic carboxylic acids is 2. The Balaban J connectivity index is 3.51. The fourth-order valence-corrected chi connectivity index (χ4v) is 3.15. The lowest BCUT2D eigenvalue weighted by molar-refractivity contribution is -0.149. The first-order chi connectivity index (χ1) is 10.2. The molecule has 4 nitrogen and oxygen atoms in total. The van der Waals surface area contributed by atoms with Gasteiger partial charge in [-0.25, -0.2) is 9.18 Å². The molecule has 130 valence electrons. The number of carbonyl (C=O) groups is 2. The molecule has 0 amide bonds. The standard InChI is InChI=1S/C18H27FO4/c1-16(2,3)9-11-7-8-12(14(20)21)13(15(22)23)18(11,19)10-17(4,5)6/h7-8,13H,9-10H2,1-6H3,(H,20,21)(H,22,23). The summed E-state index contributed by atoms with van der Waals surface area (Å²) in [7, 11) is 0. The van der Waals surface area contributed by atoms with Gasteiger partial charge in [0.1, 0.15) is 5.92 Å². The lowest BCUT2D eigenvalue weighted by Gasteiger charge is -2.41. The normalized spacial score (nSPS) is 25.6. The Hall–Kier alpha value is -1.65. The SMILES string of the molecule is CC(C)(C)CC1=CC=C(C(=O)O)C(C(=O)O)C1(F)CC(C)(C)C. The molecule has 23 heavy (non-hydrogen) atoms. The molecule has 0 aliphatic heterocycles. The van der Waals surface area contributed by atoms with Crippen molar-refractivity contribution >= 4 is 11.9 Å². The lowest BCUT2D eigenvalue weighted by Crippen LogP contribution is -2.47. The van der Waals surface area contributed by atoms with E-state index in [1.807, 2.05) is 41.5 Å². The van der Waals surface area contributed by atoms with E-state index in [4.69, 9.17) is 0 Å². The summed E-state index contributed by atoms with van der Waals surface area (Å²) >= 11 is 0. The smallest absolute Gasteiger partial charge is 0.332 e. The molecular weight excluding hydrogens is 299 g/mol. The van der Waals surface area contributed by atoms with E-state index in [1.165, 1.54) is 12.2 Å². The number of carboxylic acids is 2. The minimum Gasteiger partial charge on any atom is -0.481 e. The van der Waals surface area contributed by atoms with E-state index in [2.05, 4.69) is 0 Å². The monoisotopic (exact) mass is 326 g/mol. The average molecular weight is 326 g/mol. The van der Waals surface area contributed by atoms with Crippen molar-refractivity contribution in [1.29, 1.82) is 0 Å². The van der Waals surface area contributed by atoms with E-state index in [-0.39, 0.29) is 11.8 Å². The maximum absolute atomic E-state index is 16.0. The number of allylic oxidation sites excluding steroid dienone is 3. The van der Waals surface area contributed by atoms with Gasteiger partial charge in [-0.05, 0) is 29.2 Å². The van der Waals surface area contributed by atoms with Gasteiger partial charge in [0.2, 0.25) is 0 Å². The summed E-state index contributed by atoms with van der Waals surface area (Å²) in [6, 6.07) is 0. The zero-order chi connectivity index (χ0) is 18.2. The van der Waals surface area contributed by atoms with Crippen molar-refractivity contribution in [1.82, 2.24) is 0 Å². The van der Waals surface area contributed by atoms with Gasteiger partial charge in [-0.2, -0.15) is 0 Å². The van der Waals surface area contributed by atoms with Crippen LogP contribution in [0.4, 0.5) is 4.39 Å². The first-order valence-corrected chi connectivity index (χ1v) is 7.74. The third-order valence-corrected chi connectivity index (χ3v) is 3.77. The fourth-order valence-electron chi connectivity index (χ4n) is 3.15. The molecule has 2 atom stereocenters. The minimum absolute atomic E-state index is 0.0521. The number of hydrogen-bond donors (Lipinski definition) is 2. The molecule has 0 heterocycles. The third-order valence-electron chi connectivity index (χ3n) is 3.77. The van der Waals surface area contributed by atoms with Crippen LogP contribution >= 0.6 is 0 Å². The van der Waals surface area contributed by atoms with Crippen molar-refractivity contribution in [2.75, 3.05) is 0 Å². The Labute approximate surface area is 137 Å². The Morgan fingerprint density at radius 3 is 1.96 bits per heavy atom. The molecule has 0 aromatic heterocycles. The van der Waals surface area contributed by atoms with Crippen molar-refractivity contribution in [3.8, 4) is 0 Å². The molecule has 0 saturated carbocycles. The molecule has 1 aliphatic rings. The van der Waals surface area contributed by atoms with Gasteiger partial charge in [-0.1, -0.05) is 53.7 Å². The number of hydrogen-bond acceptors (Lipinski definition) is 2. The molecule has 0 bridgehead atoms. The van der Waals surface area contributed by atoms with Crippen molar-refractivity contribution in [3.05, 3.63) is 23.3 Å². The summed E-state index contributed by atoms with van der Waals surface area (Å²) in [5.41, 5.74) is -2.97. The number of halogens is 1. The Bertz CT molecular complexity index is 561. The Kier molecular flexibility index (Phi) is 5.14. The van der Waals surface area contributed by atoms with Gasteiger partial charge >= 0.3 is 11.9 Å². The molecule has 0 aromatic carbocycles. The van der Waals surface area contributed by atoms with Crippen LogP contribution in [0.15, 0.2) is 23.3 Å². The van der Waals surface area contributed by atoms with Crippen molar-refractivity contribution in [2.24, 2.45) is 16.7 Å². The first-order valence-electron chi connectivity index (χ1n) is 7.74. The highest BCUT2D eigenvalue weighted by Crippen LogP contribution is 2.49. The molecule has 0 radical (unpaired) electrons. The third kappa shape index (κ3) is 4.66. The number of alkyl halides is 1. The highest BCUT2D eigenvalue weighted by molar-refractivity contribution is 5.96. The van der Waals surface area contributed by atoms with E-state index in [1.54, 1.807) is 0 Å². The summed E-state index contributed by atoms with van der Waals surface area (Å²) in [4.78, 5) is 23.1. The predicted molar refractivity (Wildman–Crippen MR) is 86.9 cm³/mol. The molecule has 0 spiro atoms. The minimum atomic E-state index is -2.21. The van der Waals surface area contributed by atoms with E-state index >= 15 is 4.39 Å². The van der Waals surface area contributed by atoms with Gasteiger partial charge in [0.05, 0.1) is 5.57 Å². The summed E-state index contributed by atoms with van der Waals surface area (Å²) in [5, 5.41) is 18.8. The lowest BCUT2D eigenvalue weighted by atomic mass is 9.65. The van der Waals surface area contributed by atoms with E-state index in [0.717, 1.165) is 0 Å². The second-order valence-corrected chi connectivity index (χ2v) is 8.73. The van der Waals surface area contributed by atoms with Gasteiger partial charge in [0.25, 0.3) is 0 Å². The number of carboxylic acid groups (broad SMARTS) is 2. The van der Waals surface area contributed by atoms with Crippen LogP contribution in [-0.2, 0) is 9.59 Å². The highest BCUT2D eigenvalue weighted by Gasteiger charge is 2.53. The van der Waals surface area contributed by atoms with E-state index in [0.29, 0.717) is 12.0 Å². The summed E-state index contributed by atoms with van der Waals surface area (Å²) in [6.07, 6.45) is 3.01. The summed E-state index contributed by atoms with van der Waals surface area (Å²) < 4.78 is 16.0. The second kappa shape index (κ2) is 6.10. The van der Waals surface area contributed by atoms with Gasteiger partial charge in [-0.15, -0.1) is 0 Å². The fraction of sp³-hybridized carbons (Fsp3) is 0.667. The topological polar surface area (TPSA) is 74.6 Å². The maximum Gasteiger partial charge on any atom is 0.332 e. The molecule has 1 aliphatic carbocycles. The van der Waals surface area contributed by atoms with Crippen LogP contribution in [-0.4, -0.2) is 27.8 Å². The average Bonchev–Trinajstić information content (AvgIpc) is 2.26. The van der Waals surface area contributed by atoms with Crippen LogP contribution in [0, 0.1) is 16.7 Å². The molecule has 2 N–H and O–H groups in total. The van der Waals surface area contributed by atoms with Crippen LogP contribution in [0.25, 0.3) is 0 Å². The van der Waals surface area contributed by atoms with E-state index in [9.17, 15) is 19.8 Å². The number of rotatable bonds is 4. The van der Waals surface area contributed by atoms with Crippen LogP contribution < -0.4 is 0 Å². The predicted octanol–water partition coefficient (Wildman–Crippen LogP) is 4.22. The molecular formula is C18H27FO4. The zero-order valence-electron chi connectivity index (χ0n) is 14.7.